The molecule has 12 nitrogen and oxygen atoms in total. The highest BCUT2D eigenvalue weighted by Gasteiger charge is 2.34. The number of piperazine rings is 1. The van der Waals surface area contributed by atoms with Crippen molar-refractivity contribution in [1.29, 1.82) is 5.26 Å². The molecule has 2 saturated heterocycles. The number of anilines is 1. The smallest absolute Gasteiger partial charge is 0.410 e. The second-order valence-corrected chi connectivity index (χ2v) is 13.2. The van der Waals surface area contributed by atoms with E-state index in [1.165, 1.54) is 6.07 Å². The van der Waals surface area contributed by atoms with Crippen molar-refractivity contribution < 1.29 is 23.4 Å². The van der Waals surface area contributed by atoms with Crippen LogP contribution in [-0.2, 0) is 24.4 Å². The number of fused-ring (bicyclic) bond motifs is 1. The summed E-state index contributed by atoms with van der Waals surface area (Å²) in [6.07, 6.45) is 3.56. The third-order valence-corrected chi connectivity index (χ3v) is 9.69. The minimum absolute atomic E-state index is 0.106. The average Bonchev–Trinajstić information content (AvgIpc) is 3.78. The summed E-state index contributed by atoms with van der Waals surface area (Å²) in [5.41, 5.74) is 3.31. The molecule has 52 heavy (non-hydrogen) atoms. The van der Waals surface area contributed by atoms with Crippen molar-refractivity contribution in [3.8, 4) is 17.8 Å². The molecule has 2 fully saturated rings. The molecule has 2 aromatic heterocycles. The van der Waals surface area contributed by atoms with Crippen LogP contribution >= 0.6 is 0 Å². The van der Waals surface area contributed by atoms with E-state index in [4.69, 9.17) is 29.3 Å². The Kier molecular flexibility index (Phi) is 10.7. The highest BCUT2D eigenvalue weighted by atomic mass is 19.1. The van der Waals surface area contributed by atoms with Gasteiger partial charge in [0.25, 0.3) is 0 Å². The van der Waals surface area contributed by atoms with Gasteiger partial charge in [-0.25, -0.2) is 18.7 Å². The fourth-order valence-electron chi connectivity index (χ4n) is 6.78. The van der Waals surface area contributed by atoms with E-state index in [1.54, 1.807) is 27.7 Å². The first-order valence-electron chi connectivity index (χ1n) is 17.6. The highest BCUT2D eigenvalue weighted by Crippen LogP contribution is 2.30. The first kappa shape index (κ1) is 34.7. The Balaban J connectivity index is 1.16. The number of amides is 1. The molecule has 0 bridgehead atoms. The zero-order valence-corrected chi connectivity index (χ0v) is 29.1. The molecule has 2 aliphatic rings. The minimum Gasteiger partial charge on any atom is -0.489 e. The van der Waals surface area contributed by atoms with E-state index < -0.39 is 18.0 Å². The molecule has 7 rings (SSSR count). The van der Waals surface area contributed by atoms with Crippen LogP contribution in [0, 0.1) is 17.1 Å². The fourth-order valence-corrected chi connectivity index (χ4v) is 6.78. The number of likely N-dealkylation sites (tertiary alicyclic amines) is 1. The lowest BCUT2D eigenvalue weighted by molar-refractivity contribution is 0.0768. The van der Waals surface area contributed by atoms with Gasteiger partial charge >= 0.3 is 12.1 Å². The number of nitriles is 1. The van der Waals surface area contributed by atoms with Gasteiger partial charge in [-0.05, 0) is 49.7 Å². The van der Waals surface area contributed by atoms with Gasteiger partial charge in [-0.1, -0.05) is 66.7 Å². The molecule has 1 amide bonds. The summed E-state index contributed by atoms with van der Waals surface area (Å²) >= 11 is 0. The number of hydrogen-bond acceptors (Lipinski definition) is 10. The first-order valence-corrected chi connectivity index (χ1v) is 17.6. The normalized spacial score (nSPS) is 17.6. The van der Waals surface area contributed by atoms with Gasteiger partial charge in [-0.2, -0.15) is 10.2 Å². The van der Waals surface area contributed by atoms with E-state index >= 15 is 4.39 Å². The van der Waals surface area contributed by atoms with Gasteiger partial charge in [0.15, 0.2) is 11.5 Å². The van der Waals surface area contributed by atoms with Crippen molar-refractivity contribution in [2.75, 3.05) is 44.7 Å². The molecule has 3 aromatic carbocycles. The van der Waals surface area contributed by atoms with E-state index in [0.29, 0.717) is 61.3 Å². The molecule has 0 radical (unpaired) electrons. The molecule has 2 atom stereocenters. The number of carbonyl (C=O) groups is 1. The molecular formula is C39H41FN8O4. The number of halogens is 1. The Morgan fingerprint density at radius 2 is 1.71 bits per heavy atom. The molecule has 0 spiro atoms. The number of hydrogen-bond donors (Lipinski definition) is 0. The molecule has 13 heteroatoms. The summed E-state index contributed by atoms with van der Waals surface area (Å²) < 4.78 is 35.1. The lowest BCUT2D eigenvalue weighted by atomic mass is 10.1. The van der Waals surface area contributed by atoms with E-state index in [-0.39, 0.29) is 31.5 Å². The quantitative estimate of drug-likeness (QED) is 0.161. The number of imidazole rings is 1. The zero-order chi connectivity index (χ0) is 35.9. The molecule has 2 aliphatic heterocycles. The van der Waals surface area contributed by atoms with Gasteiger partial charge < -0.3 is 28.9 Å². The highest BCUT2D eigenvalue weighted by molar-refractivity contribution is 5.70. The topological polar surface area (TPSA) is 121 Å². The van der Waals surface area contributed by atoms with Crippen molar-refractivity contribution in [3.05, 3.63) is 113 Å². The van der Waals surface area contributed by atoms with Crippen molar-refractivity contribution >= 4 is 17.6 Å². The van der Waals surface area contributed by atoms with Gasteiger partial charge in [0.2, 0.25) is 0 Å². The van der Waals surface area contributed by atoms with Crippen LogP contribution in [0.25, 0.3) is 5.65 Å². The maximum Gasteiger partial charge on any atom is 0.410 e. The predicted molar refractivity (Wildman–Crippen MR) is 191 cm³/mol. The molecule has 0 N–H and O–H groups in total. The number of ether oxygens (including phenoxy) is 3. The Hall–Kier alpha value is -5.74. The number of aromatic nitrogens is 4. The van der Waals surface area contributed by atoms with Crippen molar-refractivity contribution in [2.24, 2.45) is 0 Å². The van der Waals surface area contributed by atoms with Crippen LogP contribution in [0.3, 0.4) is 0 Å². The Labute approximate surface area is 302 Å². The summed E-state index contributed by atoms with van der Waals surface area (Å²) in [5, 5.41) is 14.5. The maximum atomic E-state index is 15.5. The second kappa shape index (κ2) is 16.1. The Morgan fingerprint density at radius 3 is 2.44 bits per heavy atom. The van der Waals surface area contributed by atoms with Gasteiger partial charge in [0, 0.05) is 37.7 Å². The summed E-state index contributed by atoms with van der Waals surface area (Å²) in [5.74, 6) is 0.541. The third kappa shape index (κ3) is 7.92. The van der Waals surface area contributed by atoms with Crippen LogP contribution in [0.5, 0.6) is 11.8 Å². The molecule has 0 aliphatic carbocycles. The van der Waals surface area contributed by atoms with Crippen molar-refractivity contribution in [1.82, 2.24) is 29.4 Å². The largest absolute Gasteiger partial charge is 0.489 e. The van der Waals surface area contributed by atoms with Crippen LogP contribution in [0.4, 0.5) is 15.0 Å². The summed E-state index contributed by atoms with van der Waals surface area (Å²) in [6, 6.07) is 26.2. The van der Waals surface area contributed by atoms with E-state index in [9.17, 15) is 10.1 Å². The van der Waals surface area contributed by atoms with Crippen LogP contribution < -0.4 is 14.4 Å². The lowest BCUT2D eigenvalue weighted by Gasteiger charge is -2.40. The van der Waals surface area contributed by atoms with Crippen LogP contribution in [-0.4, -0.2) is 87.4 Å². The van der Waals surface area contributed by atoms with Crippen LogP contribution in [0.2, 0.25) is 0 Å². The first-order chi connectivity index (χ1) is 25.5. The number of nitrogens with zero attached hydrogens (tertiary/aromatic N) is 8. The monoisotopic (exact) mass is 704 g/mol. The van der Waals surface area contributed by atoms with Gasteiger partial charge in [-0.3, -0.25) is 0 Å². The SMILES string of the molecule is CN1CCC[C@H]1COc1nc(N2CCN(C(=O)OCc3ccccc3)[C@@H](CC#N)C2)c2ncc(Cc3c(F)cccc3OCc3ccccc3)n2n1. The fraction of sp³-hybridized carbons (Fsp3) is 0.359. The summed E-state index contributed by atoms with van der Waals surface area (Å²) in [6.45, 7) is 2.88. The summed E-state index contributed by atoms with van der Waals surface area (Å²) in [4.78, 5) is 28.7. The van der Waals surface area contributed by atoms with Crippen LogP contribution in [0.1, 0.15) is 41.6 Å². The van der Waals surface area contributed by atoms with Gasteiger partial charge in [-0.15, -0.1) is 5.10 Å². The lowest BCUT2D eigenvalue weighted by Crippen LogP contribution is -2.55. The number of carbonyl (C=O) groups excluding carboxylic acids is 1. The Morgan fingerprint density at radius 1 is 0.942 bits per heavy atom. The molecule has 0 unspecified atom stereocenters. The summed E-state index contributed by atoms with van der Waals surface area (Å²) in [7, 11) is 2.08. The number of likely N-dealkylation sites (N-methyl/N-ethyl adjacent to an activating group) is 1. The Bertz CT molecular complexity index is 2020. The molecule has 0 saturated carbocycles. The molecule has 5 aromatic rings. The average molecular weight is 705 g/mol. The van der Waals surface area contributed by atoms with Gasteiger partial charge in [0.05, 0.1) is 30.4 Å². The number of benzene rings is 3. The molecule has 4 heterocycles. The molecule has 268 valence electrons. The second-order valence-electron chi connectivity index (χ2n) is 13.2. The third-order valence-electron chi connectivity index (χ3n) is 9.69. The van der Waals surface area contributed by atoms with E-state index in [0.717, 1.165) is 30.5 Å². The van der Waals surface area contributed by atoms with Crippen LogP contribution in [0.15, 0.2) is 85.1 Å². The van der Waals surface area contributed by atoms with E-state index in [1.807, 2.05) is 65.6 Å². The maximum absolute atomic E-state index is 15.5. The minimum atomic E-state index is -0.473. The number of rotatable bonds is 12. The van der Waals surface area contributed by atoms with E-state index in [2.05, 4.69) is 18.0 Å². The predicted octanol–water partition coefficient (Wildman–Crippen LogP) is 5.65. The van der Waals surface area contributed by atoms with Crippen molar-refractivity contribution in [2.45, 2.75) is 51.0 Å². The molecular weight excluding hydrogens is 663 g/mol. The van der Waals surface area contributed by atoms with Crippen molar-refractivity contribution in [3.63, 3.8) is 0 Å². The zero-order valence-electron chi connectivity index (χ0n) is 29.1. The van der Waals surface area contributed by atoms with Gasteiger partial charge in [0.1, 0.15) is 31.4 Å². The standard InChI is InChI=1S/C39H41FN8O4/c1-45-19-9-14-31(45)27-51-38-43-37(46-20-21-47(30(24-46)17-18-41)39(49)52-26-29-12-6-3-7-13-29)36-42-23-32(48(36)44-38)22-33-34(40)15-8-16-35(33)50-25-28-10-4-2-5-11-28/h2-8,10-13,15-16,23,30-31H,9,14,17,19-22,24-27H2,1H3/t30-,31-/m0/s1.